The van der Waals surface area contributed by atoms with Gasteiger partial charge in [0.05, 0.1) is 12.5 Å². The fraction of sp³-hybridized carbons (Fsp3) is 0.889. The second-order valence-electron chi connectivity index (χ2n) is 3.22. The van der Waals surface area contributed by atoms with Gasteiger partial charge in [-0.05, 0) is 12.7 Å². The molecule has 0 spiro atoms. The highest BCUT2D eigenvalue weighted by molar-refractivity contribution is 7.98. The zero-order chi connectivity index (χ0) is 11.0. The molecule has 0 fully saturated rings. The van der Waals surface area contributed by atoms with Gasteiger partial charge in [-0.15, -0.1) is 0 Å². The fourth-order valence-electron chi connectivity index (χ4n) is 1.10. The first-order valence-corrected chi connectivity index (χ1v) is 6.11. The van der Waals surface area contributed by atoms with Crippen LogP contribution in [0.4, 0.5) is 0 Å². The predicted molar refractivity (Wildman–Crippen MR) is 58.7 cm³/mol. The lowest BCUT2D eigenvalue weighted by Gasteiger charge is -2.17. The van der Waals surface area contributed by atoms with Crippen molar-refractivity contribution in [1.82, 2.24) is 5.32 Å². The van der Waals surface area contributed by atoms with E-state index < -0.39 is 12.1 Å². The van der Waals surface area contributed by atoms with E-state index in [1.165, 1.54) is 0 Å². The van der Waals surface area contributed by atoms with Gasteiger partial charge in [-0.1, -0.05) is 6.92 Å². The standard InChI is InChI=1S/C9H19NO3S/c1-3-7(6-14-2)10-5-8(11)4-9(12)13/h7-8,10-11H,3-6H2,1-2H3,(H,12,13). The maximum atomic E-state index is 10.3. The molecule has 0 amide bonds. The van der Waals surface area contributed by atoms with Crippen LogP contribution in [0, 0.1) is 0 Å². The molecule has 0 aliphatic rings. The van der Waals surface area contributed by atoms with Gasteiger partial charge in [0.1, 0.15) is 0 Å². The third-order valence-electron chi connectivity index (χ3n) is 1.91. The average Bonchev–Trinajstić information content (AvgIpc) is 2.11. The number of hydrogen-bond donors (Lipinski definition) is 3. The SMILES string of the molecule is CCC(CSC)NCC(O)CC(=O)O. The summed E-state index contributed by atoms with van der Waals surface area (Å²) in [5.74, 6) is 0.0215. The summed E-state index contributed by atoms with van der Waals surface area (Å²) >= 11 is 1.74. The molecule has 5 heteroatoms. The first-order valence-electron chi connectivity index (χ1n) is 4.72. The maximum Gasteiger partial charge on any atom is 0.306 e. The van der Waals surface area contributed by atoms with Crippen LogP contribution in [0.15, 0.2) is 0 Å². The largest absolute Gasteiger partial charge is 0.481 e. The van der Waals surface area contributed by atoms with Gasteiger partial charge >= 0.3 is 5.97 Å². The van der Waals surface area contributed by atoms with Gasteiger partial charge in [0.15, 0.2) is 0 Å². The second-order valence-corrected chi connectivity index (χ2v) is 4.13. The summed E-state index contributed by atoms with van der Waals surface area (Å²) in [6.45, 7) is 2.42. The quantitative estimate of drug-likeness (QED) is 0.558. The number of hydrogen-bond acceptors (Lipinski definition) is 4. The van der Waals surface area contributed by atoms with Crippen molar-refractivity contribution < 1.29 is 15.0 Å². The molecule has 0 aromatic carbocycles. The number of aliphatic hydroxyl groups excluding tert-OH is 1. The number of carboxylic acid groups (broad SMARTS) is 1. The Hall–Kier alpha value is -0.260. The molecule has 2 unspecified atom stereocenters. The number of thioether (sulfide) groups is 1. The van der Waals surface area contributed by atoms with Crippen LogP contribution in [0.25, 0.3) is 0 Å². The highest BCUT2D eigenvalue weighted by Gasteiger charge is 2.11. The average molecular weight is 221 g/mol. The lowest BCUT2D eigenvalue weighted by Crippen LogP contribution is -2.37. The van der Waals surface area contributed by atoms with Crippen molar-refractivity contribution in [3.63, 3.8) is 0 Å². The van der Waals surface area contributed by atoms with Crippen LogP contribution in [-0.4, -0.2) is 46.9 Å². The number of carbonyl (C=O) groups is 1. The molecule has 0 heterocycles. The number of aliphatic carboxylic acids is 1. The van der Waals surface area contributed by atoms with Crippen LogP contribution in [0.2, 0.25) is 0 Å². The van der Waals surface area contributed by atoms with Gasteiger partial charge in [0.2, 0.25) is 0 Å². The van der Waals surface area contributed by atoms with E-state index in [9.17, 15) is 9.90 Å². The predicted octanol–water partition coefficient (Wildman–Crippen LogP) is 0.553. The minimum atomic E-state index is -0.961. The third-order valence-corrected chi connectivity index (χ3v) is 2.65. The van der Waals surface area contributed by atoms with E-state index in [1.54, 1.807) is 11.8 Å². The highest BCUT2D eigenvalue weighted by atomic mass is 32.2. The van der Waals surface area contributed by atoms with Gasteiger partial charge < -0.3 is 15.5 Å². The van der Waals surface area contributed by atoms with Crippen molar-refractivity contribution in [3.8, 4) is 0 Å². The Morgan fingerprint density at radius 1 is 1.57 bits per heavy atom. The van der Waals surface area contributed by atoms with E-state index in [0.717, 1.165) is 12.2 Å². The van der Waals surface area contributed by atoms with Crippen LogP contribution in [0.1, 0.15) is 19.8 Å². The van der Waals surface area contributed by atoms with E-state index in [4.69, 9.17) is 5.11 Å². The molecule has 4 nitrogen and oxygen atoms in total. The number of rotatable bonds is 8. The van der Waals surface area contributed by atoms with Crippen LogP contribution in [0.3, 0.4) is 0 Å². The van der Waals surface area contributed by atoms with E-state index in [0.29, 0.717) is 12.6 Å². The van der Waals surface area contributed by atoms with Crippen molar-refractivity contribution in [2.75, 3.05) is 18.6 Å². The number of carboxylic acids is 1. The molecular weight excluding hydrogens is 202 g/mol. The van der Waals surface area contributed by atoms with Gasteiger partial charge in [-0.25, -0.2) is 0 Å². The van der Waals surface area contributed by atoms with Crippen LogP contribution in [-0.2, 0) is 4.79 Å². The smallest absolute Gasteiger partial charge is 0.306 e. The number of nitrogens with one attached hydrogen (secondary N) is 1. The van der Waals surface area contributed by atoms with Gasteiger partial charge in [-0.2, -0.15) is 11.8 Å². The first-order chi connectivity index (χ1) is 6.60. The zero-order valence-electron chi connectivity index (χ0n) is 8.69. The Balaban J connectivity index is 3.61. The summed E-state index contributed by atoms with van der Waals surface area (Å²) < 4.78 is 0. The normalized spacial score (nSPS) is 15.1. The van der Waals surface area contributed by atoms with E-state index in [2.05, 4.69) is 12.2 Å². The molecular formula is C9H19NO3S. The van der Waals surface area contributed by atoms with Crippen LogP contribution >= 0.6 is 11.8 Å². The van der Waals surface area contributed by atoms with Gasteiger partial charge in [-0.3, -0.25) is 4.79 Å². The molecule has 0 saturated carbocycles. The van der Waals surface area contributed by atoms with Crippen LogP contribution in [0.5, 0.6) is 0 Å². The lowest BCUT2D eigenvalue weighted by molar-refractivity contribution is -0.139. The summed E-state index contributed by atoms with van der Waals surface area (Å²) in [6.07, 6.45) is 2.03. The number of aliphatic hydroxyl groups is 1. The molecule has 0 radical (unpaired) electrons. The minimum Gasteiger partial charge on any atom is -0.481 e. The molecule has 0 saturated heterocycles. The molecule has 0 rings (SSSR count). The summed E-state index contributed by atoms with van der Waals surface area (Å²) in [7, 11) is 0. The lowest BCUT2D eigenvalue weighted by atomic mass is 10.2. The topological polar surface area (TPSA) is 69.6 Å². The molecule has 0 bridgehead atoms. The van der Waals surface area contributed by atoms with Crippen molar-refractivity contribution >= 4 is 17.7 Å². The van der Waals surface area contributed by atoms with Gasteiger partial charge in [0.25, 0.3) is 0 Å². The van der Waals surface area contributed by atoms with Crippen molar-refractivity contribution in [3.05, 3.63) is 0 Å². The highest BCUT2D eigenvalue weighted by Crippen LogP contribution is 2.01. The molecule has 84 valence electrons. The Kier molecular flexibility index (Phi) is 7.93. The molecule has 0 aliphatic heterocycles. The first kappa shape index (κ1) is 13.7. The van der Waals surface area contributed by atoms with Crippen molar-refractivity contribution in [2.45, 2.75) is 31.9 Å². The second kappa shape index (κ2) is 8.08. The maximum absolute atomic E-state index is 10.3. The zero-order valence-corrected chi connectivity index (χ0v) is 9.51. The summed E-state index contributed by atoms with van der Waals surface area (Å²) in [5.41, 5.74) is 0. The Labute approximate surface area is 89.1 Å². The molecule has 3 N–H and O–H groups in total. The summed E-state index contributed by atoms with van der Waals surface area (Å²) in [6, 6.07) is 0.355. The van der Waals surface area contributed by atoms with Crippen LogP contribution < -0.4 is 5.32 Å². The Bertz CT molecular complexity index is 166. The van der Waals surface area contributed by atoms with Gasteiger partial charge in [0, 0.05) is 18.3 Å². The fourth-order valence-corrected chi connectivity index (χ4v) is 1.85. The minimum absolute atomic E-state index is 0.192. The van der Waals surface area contributed by atoms with E-state index in [-0.39, 0.29) is 6.42 Å². The van der Waals surface area contributed by atoms with E-state index >= 15 is 0 Å². The monoisotopic (exact) mass is 221 g/mol. The van der Waals surface area contributed by atoms with E-state index in [1.807, 2.05) is 6.26 Å². The molecule has 14 heavy (non-hydrogen) atoms. The summed E-state index contributed by atoms with van der Waals surface area (Å²) in [5, 5.41) is 20.8. The molecule has 0 aliphatic carbocycles. The Morgan fingerprint density at radius 3 is 2.64 bits per heavy atom. The molecule has 0 aromatic heterocycles. The van der Waals surface area contributed by atoms with Crippen molar-refractivity contribution in [2.24, 2.45) is 0 Å². The molecule has 0 aromatic rings. The Morgan fingerprint density at radius 2 is 2.21 bits per heavy atom. The summed E-state index contributed by atoms with van der Waals surface area (Å²) in [4.78, 5) is 10.3. The third kappa shape index (κ3) is 7.17. The van der Waals surface area contributed by atoms with Crippen molar-refractivity contribution in [1.29, 1.82) is 0 Å². The molecule has 2 atom stereocenters.